The van der Waals surface area contributed by atoms with Crippen molar-refractivity contribution in [3.8, 4) is 0 Å². The second-order valence-electron chi connectivity index (χ2n) is 6.37. The monoisotopic (exact) mass is 320 g/mol. The maximum absolute atomic E-state index is 12.9. The summed E-state index contributed by atoms with van der Waals surface area (Å²) in [6, 6.07) is 3.83. The smallest absolute Gasteiger partial charge is 0.264 e. The molecule has 1 aromatic heterocycles. The maximum Gasteiger partial charge on any atom is 0.264 e. The van der Waals surface area contributed by atoms with Crippen molar-refractivity contribution >= 4 is 23.2 Å². The van der Waals surface area contributed by atoms with E-state index in [1.807, 2.05) is 29.5 Å². The molecular formula is C17H24N2O2S. The second-order valence-corrected chi connectivity index (χ2v) is 7.32. The van der Waals surface area contributed by atoms with E-state index >= 15 is 0 Å². The average Bonchev–Trinajstić information content (AvgIpc) is 3.25. The molecule has 22 heavy (non-hydrogen) atoms. The van der Waals surface area contributed by atoms with Gasteiger partial charge in [-0.15, -0.1) is 11.3 Å². The predicted molar refractivity (Wildman–Crippen MR) is 88.0 cm³/mol. The van der Waals surface area contributed by atoms with Crippen molar-refractivity contribution in [3.63, 3.8) is 0 Å². The minimum absolute atomic E-state index is 0.0166. The lowest BCUT2D eigenvalue weighted by Gasteiger charge is -2.35. The average molecular weight is 320 g/mol. The number of likely N-dealkylation sites (N-methyl/N-ethyl adjacent to an activating group) is 1. The van der Waals surface area contributed by atoms with Gasteiger partial charge in [-0.2, -0.15) is 0 Å². The minimum atomic E-state index is -0.262. The van der Waals surface area contributed by atoms with E-state index in [9.17, 15) is 9.59 Å². The van der Waals surface area contributed by atoms with E-state index in [-0.39, 0.29) is 17.9 Å². The van der Waals surface area contributed by atoms with Crippen molar-refractivity contribution in [1.82, 2.24) is 9.80 Å². The molecule has 1 saturated carbocycles. The van der Waals surface area contributed by atoms with Crippen molar-refractivity contribution in [2.45, 2.75) is 57.0 Å². The van der Waals surface area contributed by atoms with Crippen LogP contribution in [0, 0.1) is 0 Å². The second kappa shape index (κ2) is 6.82. The van der Waals surface area contributed by atoms with Crippen molar-refractivity contribution in [2.75, 3.05) is 13.6 Å². The molecule has 120 valence electrons. The molecule has 0 N–H and O–H groups in total. The lowest BCUT2D eigenvalue weighted by molar-refractivity contribution is -0.136. The molecule has 0 radical (unpaired) electrons. The first-order valence-corrected chi connectivity index (χ1v) is 9.17. The zero-order valence-electron chi connectivity index (χ0n) is 13.2. The molecule has 1 saturated heterocycles. The first-order valence-electron chi connectivity index (χ1n) is 8.29. The molecule has 0 aromatic carbocycles. The standard InChI is InChI=1S/C17H24N2O2S/c1-18(13-7-3-2-4-8-13)16(20)14-9-5-11-19(14)17(21)15-10-6-12-22-15/h6,10,12-14H,2-5,7-9,11H2,1H3. The van der Waals surface area contributed by atoms with Gasteiger partial charge < -0.3 is 9.80 Å². The number of hydrogen-bond acceptors (Lipinski definition) is 3. The van der Waals surface area contributed by atoms with E-state index in [0.717, 1.165) is 30.6 Å². The fraction of sp³-hybridized carbons (Fsp3) is 0.647. The van der Waals surface area contributed by atoms with Crippen molar-refractivity contribution in [3.05, 3.63) is 22.4 Å². The Labute approximate surface area is 136 Å². The summed E-state index contributed by atoms with van der Waals surface area (Å²) >= 11 is 1.45. The first kappa shape index (κ1) is 15.5. The van der Waals surface area contributed by atoms with Gasteiger partial charge in [0.15, 0.2) is 0 Å². The van der Waals surface area contributed by atoms with Crippen LogP contribution in [0.1, 0.15) is 54.6 Å². The number of carbonyl (C=O) groups excluding carboxylic acids is 2. The Morgan fingerprint density at radius 1 is 1.18 bits per heavy atom. The van der Waals surface area contributed by atoms with Crippen molar-refractivity contribution < 1.29 is 9.59 Å². The number of nitrogens with zero attached hydrogens (tertiary/aromatic N) is 2. The SMILES string of the molecule is CN(C(=O)C1CCCN1C(=O)c1cccs1)C1CCCCC1. The molecule has 2 heterocycles. The normalized spacial score (nSPS) is 22.8. The summed E-state index contributed by atoms with van der Waals surface area (Å²) < 4.78 is 0. The van der Waals surface area contributed by atoms with Crippen LogP contribution in [0.2, 0.25) is 0 Å². The van der Waals surface area contributed by atoms with Crippen molar-refractivity contribution in [2.24, 2.45) is 0 Å². The van der Waals surface area contributed by atoms with E-state index < -0.39 is 0 Å². The van der Waals surface area contributed by atoms with Crippen LogP contribution < -0.4 is 0 Å². The number of carbonyl (C=O) groups is 2. The first-order chi connectivity index (χ1) is 10.7. The summed E-state index contributed by atoms with van der Waals surface area (Å²) in [5.41, 5.74) is 0. The van der Waals surface area contributed by atoms with Gasteiger partial charge in [0.2, 0.25) is 5.91 Å². The highest BCUT2D eigenvalue weighted by atomic mass is 32.1. The Morgan fingerprint density at radius 2 is 1.95 bits per heavy atom. The van der Waals surface area contributed by atoms with Gasteiger partial charge in [0.25, 0.3) is 5.91 Å². The van der Waals surface area contributed by atoms with E-state index in [1.54, 1.807) is 4.90 Å². The maximum atomic E-state index is 12.9. The number of thiophene rings is 1. The summed E-state index contributed by atoms with van der Waals surface area (Å²) in [4.78, 5) is 29.9. The summed E-state index contributed by atoms with van der Waals surface area (Å²) in [6.45, 7) is 0.700. The van der Waals surface area contributed by atoms with Crippen LogP contribution in [0.3, 0.4) is 0 Å². The van der Waals surface area contributed by atoms with Crippen LogP contribution in [0.25, 0.3) is 0 Å². The van der Waals surface area contributed by atoms with Gasteiger partial charge in [-0.3, -0.25) is 9.59 Å². The quantitative estimate of drug-likeness (QED) is 0.858. The van der Waals surface area contributed by atoms with Gasteiger partial charge in [-0.05, 0) is 37.1 Å². The zero-order chi connectivity index (χ0) is 15.5. The lowest BCUT2D eigenvalue weighted by atomic mass is 9.94. The zero-order valence-corrected chi connectivity index (χ0v) is 14.0. The molecule has 5 heteroatoms. The Bertz CT molecular complexity index is 523. The molecule has 1 atom stereocenters. The highest BCUT2D eigenvalue weighted by Gasteiger charge is 2.37. The molecule has 2 aliphatic rings. The van der Waals surface area contributed by atoms with Crippen molar-refractivity contribution in [1.29, 1.82) is 0 Å². The number of hydrogen-bond donors (Lipinski definition) is 0. The molecule has 1 aromatic rings. The van der Waals surface area contributed by atoms with Crippen LogP contribution in [0.15, 0.2) is 17.5 Å². The summed E-state index contributed by atoms with van der Waals surface area (Å²) in [5, 5.41) is 1.91. The highest BCUT2D eigenvalue weighted by molar-refractivity contribution is 7.12. The molecule has 0 bridgehead atoms. The number of amides is 2. The van der Waals surface area contributed by atoms with Gasteiger partial charge in [0.1, 0.15) is 6.04 Å². The Morgan fingerprint density at radius 3 is 2.64 bits per heavy atom. The third-order valence-corrected chi connectivity index (χ3v) is 5.86. The summed E-state index contributed by atoms with van der Waals surface area (Å²) in [6.07, 6.45) is 7.64. The van der Waals surface area contributed by atoms with Gasteiger partial charge in [-0.25, -0.2) is 0 Å². The third-order valence-electron chi connectivity index (χ3n) is 5.00. The largest absolute Gasteiger partial charge is 0.341 e. The number of likely N-dealkylation sites (tertiary alicyclic amines) is 1. The highest BCUT2D eigenvalue weighted by Crippen LogP contribution is 2.27. The van der Waals surface area contributed by atoms with E-state index in [1.165, 1.54) is 30.6 Å². The third kappa shape index (κ3) is 3.05. The van der Waals surface area contributed by atoms with Gasteiger partial charge in [0, 0.05) is 19.6 Å². The van der Waals surface area contributed by atoms with Gasteiger partial charge >= 0.3 is 0 Å². The van der Waals surface area contributed by atoms with E-state index in [4.69, 9.17) is 0 Å². The molecular weight excluding hydrogens is 296 g/mol. The van der Waals surface area contributed by atoms with Crippen LogP contribution in [0.5, 0.6) is 0 Å². The van der Waals surface area contributed by atoms with Crippen LogP contribution in [-0.4, -0.2) is 47.3 Å². The molecule has 1 aliphatic heterocycles. The van der Waals surface area contributed by atoms with Crippen LogP contribution >= 0.6 is 11.3 Å². The van der Waals surface area contributed by atoms with Crippen LogP contribution in [0.4, 0.5) is 0 Å². The molecule has 2 amide bonds. The fourth-order valence-corrected chi connectivity index (χ4v) is 4.37. The predicted octanol–water partition coefficient (Wildman–Crippen LogP) is 3.14. The van der Waals surface area contributed by atoms with E-state index in [0.29, 0.717) is 12.6 Å². The van der Waals surface area contributed by atoms with E-state index in [2.05, 4.69) is 0 Å². The Hall–Kier alpha value is -1.36. The number of rotatable bonds is 3. The minimum Gasteiger partial charge on any atom is -0.341 e. The Kier molecular flexibility index (Phi) is 4.81. The fourth-order valence-electron chi connectivity index (χ4n) is 3.69. The molecule has 2 fully saturated rings. The lowest BCUT2D eigenvalue weighted by Crippen LogP contribution is -2.49. The van der Waals surface area contributed by atoms with Crippen LogP contribution in [-0.2, 0) is 4.79 Å². The molecule has 0 spiro atoms. The molecule has 3 rings (SSSR count). The topological polar surface area (TPSA) is 40.6 Å². The Balaban J connectivity index is 1.69. The van der Waals surface area contributed by atoms with Gasteiger partial charge in [-0.1, -0.05) is 25.3 Å². The molecule has 1 unspecified atom stereocenters. The summed E-state index contributed by atoms with van der Waals surface area (Å²) in [7, 11) is 1.92. The molecule has 1 aliphatic carbocycles. The summed E-state index contributed by atoms with van der Waals surface area (Å²) in [5.74, 6) is 0.150. The van der Waals surface area contributed by atoms with Gasteiger partial charge in [0.05, 0.1) is 4.88 Å². The molecule has 4 nitrogen and oxygen atoms in total.